The lowest BCUT2D eigenvalue weighted by atomic mass is 10.2. The van der Waals surface area contributed by atoms with Crippen molar-refractivity contribution in [2.45, 2.75) is 13.5 Å². The van der Waals surface area contributed by atoms with Gasteiger partial charge in [0.2, 0.25) is 0 Å². The Balaban J connectivity index is 2.19. The Morgan fingerprint density at radius 2 is 2.29 bits per heavy atom. The fourth-order valence-electron chi connectivity index (χ4n) is 2.11. The molecule has 3 nitrogen and oxygen atoms in total. The number of hydrogen-bond donors (Lipinski definition) is 0. The number of thiazole rings is 1. The Morgan fingerprint density at radius 3 is 3.00 bits per heavy atom. The van der Waals surface area contributed by atoms with E-state index < -0.39 is 0 Å². The van der Waals surface area contributed by atoms with Crippen LogP contribution in [0.1, 0.15) is 15.2 Å². The molecule has 0 N–H and O–H groups in total. The van der Waals surface area contributed by atoms with Crippen molar-refractivity contribution in [2.24, 2.45) is 4.99 Å². The molecule has 0 atom stereocenters. The molecule has 2 heterocycles. The van der Waals surface area contributed by atoms with E-state index in [0.29, 0.717) is 16.2 Å². The highest BCUT2D eigenvalue weighted by Gasteiger charge is 2.09. The van der Waals surface area contributed by atoms with Crippen molar-refractivity contribution in [3.8, 4) is 0 Å². The molecule has 106 valence electrons. The topological polar surface area (TPSA) is 34.4 Å². The van der Waals surface area contributed by atoms with Gasteiger partial charge in [-0.15, -0.1) is 17.9 Å². The van der Waals surface area contributed by atoms with Gasteiger partial charge in [0.15, 0.2) is 4.80 Å². The van der Waals surface area contributed by atoms with E-state index in [-0.39, 0.29) is 5.91 Å². The predicted octanol–water partition coefficient (Wildman–Crippen LogP) is 4.00. The van der Waals surface area contributed by atoms with Crippen molar-refractivity contribution in [3.05, 3.63) is 63.6 Å². The summed E-state index contributed by atoms with van der Waals surface area (Å²) in [5, 5.41) is 1.88. The second-order valence-corrected chi connectivity index (χ2v) is 6.61. The number of thiophene rings is 1. The van der Waals surface area contributed by atoms with Crippen LogP contribution in [0.4, 0.5) is 0 Å². The lowest BCUT2D eigenvalue weighted by Gasteiger charge is -2.00. The Labute approximate surface area is 130 Å². The van der Waals surface area contributed by atoms with E-state index >= 15 is 0 Å². The van der Waals surface area contributed by atoms with Crippen LogP contribution in [0, 0.1) is 6.92 Å². The van der Waals surface area contributed by atoms with Crippen LogP contribution in [-0.4, -0.2) is 10.5 Å². The molecule has 0 unspecified atom stereocenters. The first-order valence-corrected chi connectivity index (χ1v) is 8.22. The Bertz CT molecular complexity index is 869. The molecule has 21 heavy (non-hydrogen) atoms. The van der Waals surface area contributed by atoms with Gasteiger partial charge in [0.05, 0.1) is 15.1 Å². The van der Waals surface area contributed by atoms with Gasteiger partial charge in [-0.2, -0.15) is 4.99 Å². The number of aromatic nitrogens is 1. The highest BCUT2D eigenvalue weighted by atomic mass is 32.1. The summed E-state index contributed by atoms with van der Waals surface area (Å²) in [5.41, 5.74) is 2.29. The van der Waals surface area contributed by atoms with Gasteiger partial charge in [-0.1, -0.05) is 29.5 Å². The van der Waals surface area contributed by atoms with E-state index in [1.165, 1.54) is 28.2 Å². The van der Waals surface area contributed by atoms with Crippen LogP contribution in [0.25, 0.3) is 10.2 Å². The third-order valence-corrected chi connectivity index (χ3v) is 4.98. The van der Waals surface area contributed by atoms with Gasteiger partial charge in [-0.25, -0.2) is 0 Å². The lowest BCUT2D eigenvalue weighted by Crippen LogP contribution is -2.15. The van der Waals surface area contributed by atoms with E-state index in [1.54, 1.807) is 6.07 Å². The molecule has 0 spiro atoms. The molecule has 0 fully saturated rings. The first-order chi connectivity index (χ1) is 10.2. The van der Waals surface area contributed by atoms with Crippen LogP contribution >= 0.6 is 22.7 Å². The molecule has 0 aliphatic heterocycles. The molecule has 0 saturated carbocycles. The lowest BCUT2D eigenvalue weighted by molar-refractivity contribution is 0.100. The molecule has 0 bridgehead atoms. The number of fused-ring (bicyclic) bond motifs is 1. The fraction of sp³-hybridized carbons (Fsp3) is 0.125. The number of benzene rings is 1. The maximum atomic E-state index is 12.2. The Kier molecular flexibility index (Phi) is 3.86. The van der Waals surface area contributed by atoms with Crippen molar-refractivity contribution in [1.29, 1.82) is 0 Å². The molecular weight excluding hydrogens is 300 g/mol. The van der Waals surface area contributed by atoms with Crippen LogP contribution in [0.15, 0.2) is 53.4 Å². The van der Waals surface area contributed by atoms with Gasteiger partial charge in [-0.3, -0.25) is 4.79 Å². The Hall–Kier alpha value is -1.98. The third kappa shape index (κ3) is 2.75. The van der Waals surface area contributed by atoms with Crippen LogP contribution in [0.5, 0.6) is 0 Å². The number of carbonyl (C=O) groups is 1. The summed E-state index contributed by atoms with van der Waals surface area (Å²) < 4.78 is 3.16. The molecule has 3 rings (SSSR count). The monoisotopic (exact) mass is 314 g/mol. The van der Waals surface area contributed by atoms with Crippen LogP contribution in [0.2, 0.25) is 0 Å². The van der Waals surface area contributed by atoms with Gasteiger partial charge < -0.3 is 4.57 Å². The predicted molar refractivity (Wildman–Crippen MR) is 89.0 cm³/mol. The molecule has 2 aromatic heterocycles. The second kappa shape index (κ2) is 5.79. The Morgan fingerprint density at radius 1 is 1.43 bits per heavy atom. The smallest absolute Gasteiger partial charge is 0.289 e. The summed E-state index contributed by atoms with van der Waals surface area (Å²) in [6.45, 7) is 6.49. The first-order valence-electron chi connectivity index (χ1n) is 6.52. The summed E-state index contributed by atoms with van der Waals surface area (Å²) in [4.78, 5) is 17.9. The van der Waals surface area contributed by atoms with E-state index in [2.05, 4.69) is 36.7 Å². The highest BCUT2D eigenvalue weighted by Crippen LogP contribution is 2.19. The normalized spacial score (nSPS) is 12.0. The molecule has 0 saturated heterocycles. The molecule has 0 aliphatic rings. The summed E-state index contributed by atoms with van der Waals surface area (Å²) in [6.07, 6.45) is 1.82. The molecule has 0 radical (unpaired) electrons. The zero-order valence-electron chi connectivity index (χ0n) is 11.6. The average molecular weight is 314 g/mol. The van der Waals surface area contributed by atoms with E-state index in [1.807, 2.05) is 22.1 Å². The molecule has 3 aromatic rings. The minimum absolute atomic E-state index is 0.189. The largest absolute Gasteiger partial charge is 0.312 e. The molecule has 1 amide bonds. The number of rotatable bonds is 3. The summed E-state index contributed by atoms with van der Waals surface area (Å²) in [7, 11) is 0. The van der Waals surface area contributed by atoms with Gasteiger partial charge in [0.25, 0.3) is 5.91 Å². The van der Waals surface area contributed by atoms with Crippen molar-refractivity contribution in [1.82, 2.24) is 4.57 Å². The van der Waals surface area contributed by atoms with Crippen molar-refractivity contribution < 1.29 is 4.79 Å². The summed E-state index contributed by atoms with van der Waals surface area (Å²) in [6, 6.07) is 9.92. The van der Waals surface area contributed by atoms with Gasteiger partial charge in [0, 0.05) is 6.54 Å². The molecular formula is C16H14N2OS2. The summed E-state index contributed by atoms with van der Waals surface area (Å²) in [5.74, 6) is -0.189. The minimum atomic E-state index is -0.189. The zero-order chi connectivity index (χ0) is 14.8. The quantitative estimate of drug-likeness (QED) is 0.673. The number of aryl methyl sites for hydroxylation is 1. The number of allylic oxidation sites excluding steroid dienone is 1. The minimum Gasteiger partial charge on any atom is -0.312 e. The average Bonchev–Trinajstić information content (AvgIpc) is 3.08. The fourth-order valence-corrected chi connectivity index (χ4v) is 3.86. The molecule has 5 heteroatoms. The van der Waals surface area contributed by atoms with Crippen LogP contribution in [0.3, 0.4) is 0 Å². The summed E-state index contributed by atoms with van der Waals surface area (Å²) >= 11 is 2.95. The maximum absolute atomic E-state index is 12.2. The standard InChI is InChI=1S/C16H14N2OS2/c1-3-8-18-12-7-6-11(2)10-14(12)21-16(18)17-15(19)13-5-4-9-20-13/h3-7,9-10H,1,8H2,2H3. The number of amides is 1. The van der Waals surface area contributed by atoms with Gasteiger partial charge in [0.1, 0.15) is 0 Å². The van der Waals surface area contributed by atoms with Crippen LogP contribution in [-0.2, 0) is 6.54 Å². The second-order valence-electron chi connectivity index (χ2n) is 4.65. The first kappa shape index (κ1) is 14.0. The third-order valence-electron chi connectivity index (χ3n) is 3.08. The van der Waals surface area contributed by atoms with Gasteiger partial charge >= 0.3 is 0 Å². The van der Waals surface area contributed by atoms with Crippen molar-refractivity contribution in [2.75, 3.05) is 0 Å². The number of carbonyl (C=O) groups excluding carboxylic acids is 1. The number of hydrogen-bond acceptors (Lipinski definition) is 3. The molecule has 0 aliphatic carbocycles. The van der Waals surface area contributed by atoms with Crippen LogP contribution < -0.4 is 4.80 Å². The molecule has 1 aromatic carbocycles. The van der Waals surface area contributed by atoms with E-state index in [4.69, 9.17) is 0 Å². The zero-order valence-corrected chi connectivity index (χ0v) is 13.2. The highest BCUT2D eigenvalue weighted by molar-refractivity contribution is 7.16. The van der Waals surface area contributed by atoms with Gasteiger partial charge in [-0.05, 0) is 36.1 Å². The van der Waals surface area contributed by atoms with E-state index in [9.17, 15) is 4.79 Å². The van der Waals surface area contributed by atoms with E-state index in [0.717, 1.165) is 10.2 Å². The maximum Gasteiger partial charge on any atom is 0.289 e. The van der Waals surface area contributed by atoms with Crippen molar-refractivity contribution >= 4 is 38.8 Å². The van der Waals surface area contributed by atoms with Crippen molar-refractivity contribution in [3.63, 3.8) is 0 Å². The SMILES string of the molecule is C=CCn1c(=NC(=O)c2cccs2)sc2cc(C)ccc21. The number of nitrogens with zero attached hydrogens (tertiary/aromatic N) is 2.